The van der Waals surface area contributed by atoms with E-state index in [0.717, 1.165) is 31.4 Å². The summed E-state index contributed by atoms with van der Waals surface area (Å²) in [6.07, 6.45) is 2.73. The molecule has 0 spiro atoms. The van der Waals surface area contributed by atoms with Crippen LogP contribution in [0.5, 0.6) is 0 Å². The van der Waals surface area contributed by atoms with E-state index >= 15 is 0 Å². The van der Waals surface area contributed by atoms with E-state index in [-0.39, 0.29) is 12.0 Å². The number of carbonyl (C=O) groups excluding carboxylic acids is 1. The summed E-state index contributed by atoms with van der Waals surface area (Å²) in [5, 5.41) is 12.8. The SMILES string of the molecule is NC(=O)c1ccccc1CNCC1CCC(O)C1. The highest BCUT2D eigenvalue weighted by Crippen LogP contribution is 2.24. The molecule has 2 unspecified atom stereocenters. The van der Waals surface area contributed by atoms with Gasteiger partial charge in [-0.05, 0) is 43.4 Å². The summed E-state index contributed by atoms with van der Waals surface area (Å²) < 4.78 is 0. The van der Waals surface area contributed by atoms with Gasteiger partial charge in [-0.3, -0.25) is 4.79 Å². The van der Waals surface area contributed by atoms with Crippen LogP contribution in [0.25, 0.3) is 0 Å². The van der Waals surface area contributed by atoms with Gasteiger partial charge in [0.2, 0.25) is 5.91 Å². The molecule has 1 aliphatic carbocycles. The summed E-state index contributed by atoms with van der Waals surface area (Å²) in [5.74, 6) is 0.157. The number of amides is 1. The topological polar surface area (TPSA) is 75.4 Å². The summed E-state index contributed by atoms with van der Waals surface area (Å²) in [7, 11) is 0. The number of nitrogens with one attached hydrogen (secondary N) is 1. The number of aliphatic hydroxyl groups is 1. The molecular weight excluding hydrogens is 228 g/mol. The first-order valence-electron chi connectivity index (χ1n) is 6.43. The Balaban J connectivity index is 1.85. The highest BCUT2D eigenvalue weighted by atomic mass is 16.3. The van der Waals surface area contributed by atoms with Gasteiger partial charge in [0.15, 0.2) is 0 Å². The van der Waals surface area contributed by atoms with Crippen LogP contribution in [0.2, 0.25) is 0 Å². The van der Waals surface area contributed by atoms with Crippen LogP contribution in [0.4, 0.5) is 0 Å². The Morgan fingerprint density at radius 2 is 2.17 bits per heavy atom. The van der Waals surface area contributed by atoms with Crippen molar-refractivity contribution in [2.24, 2.45) is 11.7 Å². The number of nitrogens with two attached hydrogens (primary N) is 1. The van der Waals surface area contributed by atoms with Crippen molar-refractivity contribution in [3.05, 3.63) is 35.4 Å². The number of carbonyl (C=O) groups is 1. The number of primary amides is 1. The fourth-order valence-electron chi connectivity index (χ4n) is 2.56. The lowest BCUT2D eigenvalue weighted by Gasteiger charge is -2.12. The molecule has 0 radical (unpaired) electrons. The van der Waals surface area contributed by atoms with Crippen LogP contribution in [0.15, 0.2) is 24.3 Å². The molecule has 1 aliphatic rings. The third-order valence-corrected chi connectivity index (χ3v) is 3.54. The van der Waals surface area contributed by atoms with Crippen LogP contribution in [-0.2, 0) is 6.54 Å². The van der Waals surface area contributed by atoms with Crippen LogP contribution in [0, 0.1) is 5.92 Å². The fraction of sp³-hybridized carbons (Fsp3) is 0.500. The monoisotopic (exact) mass is 248 g/mol. The predicted molar refractivity (Wildman–Crippen MR) is 70.0 cm³/mol. The maximum Gasteiger partial charge on any atom is 0.249 e. The average molecular weight is 248 g/mol. The molecular formula is C14H20N2O2. The van der Waals surface area contributed by atoms with Crippen molar-refractivity contribution < 1.29 is 9.90 Å². The number of benzene rings is 1. The van der Waals surface area contributed by atoms with E-state index in [9.17, 15) is 9.90 Å². The van der Waals surface area contributed by atoms with E-state index in [4.69, 9.17) is 5.73 Å². The second-order valence-corrected chi connectivity index (χ2v) is 4.99. The first kappa shape index (κ1) is 13.1. The van der Waals surface area contributed by atoms with Crippen molar-refractivity contribution in [3.8, 4) is 0 Å². The Morgan fingerprint density at radius 3 is 2.83 bits per heavy atom. The molecule has 0 saturated heterocycles. The normalized spacial score (nSPS) is 23.2. The Kier molecular flexibility index (Phi) is 4.33. The summed E-state index contributed by atoms with van der Waals surface area (Å²) in [6.45, 7) is 1.52. The smallest absolute Gasteiger partial charge is 0.249 e. The van der Waals surface area contributed by atoms with Crippen molar-refractivity contribution >= 4 is 5.91 Å². The lowest BCUT2D eigenvalue weighted by Crippen LogP contribution is -2.23. The first-order valence-corrected chi connectivity index (χ1v) is 6.43. The molecule has 18 heavy (non-hydrogen) atoms. The second-order valence-electron chi connectivity index (χ2n) is 4.99. The lowest BCUT2D eigenvalue weighted by molar-refractivity contribution is 0.0999. The molecule has 1 amide bonds. The maximum absolute atomic E-state index is 11.2. The first-order chi connectivity index (χ1) is 8.66. The van der Waals surface area contributed by atoms with Crippen LogP contribution in [-0.4, -0.2) is 23.7 Å². The summed E-state index contributed by atoms with van der Waals surface area (Å²) in [5.41, 5.74) is 6.84. The molecule has 1 aromatic rings. The molecule has 98 valence electrons. The zero-order valence-electron chi connectivity index (χ0n) is 10.4. The van der Waals surface area contributed by atoms with Crippen molar-refractivity contribution in [1.29, 1.82) is 0 Å². The summed E-state index contributed by atoms with van der Waals surface area (Å²) in [6, 6.07) is 7.38. The lowest BCUT2D eigenvalue weighted by atomic mass is 10.1. The number of hydrogen-bond acceptors (Lipinski definition) is 3. The number of aliphatic hydroxyl groups excluding tert-OH is 1. The molecule has 2 atom stereocenters. The molecule has 0 heterocycles. The Morgan fingerprint density at radius 1 is 1.39 bits per heavy atom. The molecule has 2 rings (SSSR count). The van der Waals surface area contributed by atoms with Gasteiger partial charge in [-0.2, -0.15) is 0 Å². The molecule has 4 N–H and O–H groups in total. The third kappa shape index (κ3) is 3.31. The molecule has 0 aromatic heterocycles. The molecule has 4 heteroatoms. The van der Waals surface area contributed by atoms with Crippen molar-refractivity contribution in [3.63, 3.8) is 0 Å². The van der Waals surface area contributed by atoms with E-state index in [1.54, 1.807) is 6.07 Å². The zero-order valence-corrected chi connectivity index (χ0v) is 10.4. The van der Waals surface area contributed by atoms with Crippen LogP contribution in [0.3, 0.4) is 0 Å². The van der Waals surface area contributed by atoms with Gasteiger partial charge < -0.3 is 16.2 Å². The molecule has 4 nitrogen and oxygen atoms in total. The number of hydrogen-bond donors (Lipinski definition) is 3. The van der Waals surface area contributed by atoms with Crippen molar-refractivity contribution in [2.45, 2.75) is 31.9 Å². The molecule has 1 aromatic carbocycles. The van der Waals surface area contributed by atoms with Gasteiger partial charge in [0.25, 0.3) is 0 Å². The minimum atomic E-state index is -0.385. The van der Waals surface area contributed by atoms with Gasteiger partial charge in [-0.15, -0.1) is 0 Å². The van der Waals surface area contributed by atoms with Gasteiger partial charge >= 0.3 is 0 Å². The molecule has 1 fully saturated rings. The zero-order chi connectivity index (χ0) is 13.0. The van der Waals surface area contributed by atoms with Crippen molar-refractivity contribution in [2.75, 3.05) is 6.54 Å². The molecule has 1 saturated carbocycles. The molecule has 0 aliphatic heterocycles. The van der Waals surface area contributed by atoms with Gasteiger partial charge in [0.1, 0.15) is 0 Å². The maximum atomic E-state index is 11.2. The third-order valence-electron chi connectivity index (χ3n) is 3.54. The summed E-state index contributed by atoms with van der Waals surface area (Å²) >= 11 is 0. The largest absolute Gasteiger partial charge is 0.393 e. The van der Waals surface area contributed by atoms with E-state index in [2.05, 4.69) is 5.32 Å². The van der Waals surface area contributed by atoms with Crippen LogP contribution in [0.1, 0.15) is 35.2 Å². The molecule has 0 bridgehead atoms. The van der Waals surface area contributed by atoms with Crippen LogP contribution < -0.4 is 11.1 Å². The van der Waals surface area contributed by atoms with Gasteiger partial charge in [0.05, 0.1) is 6.10 Å². The quantitative estimate of drug-likeness (QED) is 0.728. The fourth-order valence-corrected chi connectivity index (χ4v) is 2.56. The van der Waals surface area contributed by atoms with Gasteiger partial charge in [-0.25, -0.2) is 0 Å². The Hall–Kier alpha value is -1.39. The minimum absolute atomic E-state index is 0.130. The van der Waals surface area contributed by atoms with Crippen molar-refractivity contribution in [1.82, 2.24) is 5.32 Å². The predicted octanol–water partition coefficient (Wildman–Crippen LogP) is 1.04. The standard InChI is InChI=1S/C14H20N2O2/c15-14(18)13-4-2-1-3-11(13)9-16-8-10-5-6-12(17)7-10/h1-4,10,12,16-17H,5-9H2,(H2,15,18). The second kappa shape index (κ2) is 5.98. The van der Waals surface area contributed by atoms with Gasteiger partial charge in [-0.1, -0.05) is 18.2 Å². The van der Waals surface area contributed by atoms with E-state index < -0.39 is 0 Å². The number of rotatable bonds is 5. The highest BCUT2D eigenvalue weighted by molar-refractivity contribution is 5.94. The van der Waals surface area contributed by atoms with E-state index in [1.165, 1.54) is 0 Å². The van der Waals surface area contributed by atoms with E-state index in [0.29, 0.717) is 18.0 Å². The highest BCUT2D eigenvalue weighted by Gasteiger charge is 2.22. The Labute approximate surface area is 107 Å². The summed E-state index contributed by atoms with van der Waals surface area (Å²) in [4.78, 5) is 11.2. The van der Waals surface area contributed by atoms with Gasteiger partial charge in [0, 0.05) is 12.1 Å². The minimum Gasteiger partial charge on any atom is -0.393 e. The van der Waals surface area contributed by atoms with E-state index in [1.807, 2.05) is 18.2 Å². The average Bonchev–Trinajstić information content (AvgIpc) is 2.75. The van der Waals surface area contributed by atoms with Crippen LogP contribution >= 0.6 is 0 Å². The Bertz CT molecular complexity index is 420.